The minimum absolute atomic E-state index is 0.0181. The average Bonchev–Trinajstić information content (AvgIpc) is 3.83. The zero-order valence-corrected chi connectivity index (χ0v) is 32.2. The zero-order chi connectivity index (χ0) is 33.5. The van der Waals surface area contributed by atoms with Crippen molar-refractivity contribution in [3.05, 3.63) is 72.8 Å². The molecule has 2 atom stereocenters. The second-order valence-corrected chi connectivity index (χ2v) is 19.7. The Labute approximate surface area is 292 Å². The quantitative estimate of drug-likeness (QED) is 0.0392. The van der Waals surface area contributed by atoms with Crippen molar-refractivity contribution >= 4 is 18.7 Å². The van der Waals surface area contributed by atoms with Gasteiger partial charge in [-0.25, -0.2) is 0 Å². The topological polar surface area (TPSA) is 21.8 Å². The van der Waals surface area contributed by atoms with Gasteiger partial charge in [-0.1, -0.05) is 210 Å². The maximum absolute atomic E-state index is 7.09. The highest BCUT2D eigenvalue weighted by Gasteiger charge is 2.52. The van der Waals surface area contributed by atoms with Crippen LogP contribution in [0.5, 0.6) is 0 Å². The molecule has 1 aliphatic heterocycles. The summed E-state index contributed by atoms with van der Waals surface area (Å²) in [4.78, 5) is 0. The summed E-state index contributed by atoms with van der Waals surface area (Å²) in [6, 6.07) is 21.9. The first-order valence-corrected chi connectivity index (χ1v) is 22.0. The molecule has 3 rings (SSSR count). The van der Waals surface area contributed by atoms with Gasteiger partial charge in [-0.2, -0.15) is 0 Å². The Morgan fingerprint density at radius 3 is 1.38 bits per heavy atom. The molecule has 1 fully saturated rings. The van der Waals surface area contributed by atoms with Crippen molar-refractivity contribution < 1.29 is 9.16 Å². The molecule has 0 aromatic heterocycles. The Morgan fingerprint density at radius 2 is 0.957 bits per heavy atom. The van der Waals surface area contributed by atoms with Crippen LogP contribution in [0.15, 0.2) is 72.8 Å². The van der Waals surface area contributed by atoms with Crippen molar-refractivity contribution in [1.29, 1.82) is 0 Å². The summed E-state index contributed by atoms with van der Waals surface area (Å²) in [5.41, 5.74) is 0. The van der Waals surface area contributed by atoms with E-state index in [9.17, 15) is 0 Å². The largest absolute Gasteiger partial charge is 0.405 e. The maximum atomic E-state index is 7.09. The van der Waals surface area contributed by atoms with Crippen molar-refractivity contribution in [3.63, 3.8) is 0 Å². The normalized spacial score (nSPS) is 16.7. The number of allylic oxidation sites excluding steroid dienone is 2. The van der Waals surface area contributed by atoms with E-state index in [1.54, 1.807) is 0 Å². The van der Waals surface area contributed by atoms with Crippen LogP contribution in [0.3, 0.4) is 0 Å². The summed E-state index contributed by atoms with van der Waals surface area (Å²) >= 11 is 0. The summed E-state index contributed by atoms with van der Waals surface area (Å²) in [6.45, 7) is 10.0. The van der Waals surface area contributed by atoms with E-state index in [2.05, 4.69) is 101 Å². The summed E-state index contributed by atoms with van der Waals surface area (Å²) in [5.74, 6) is 0. The molecule has 0 bridgehead atoms. The molecule has 2 aromatic rings. The van der Waals surface area contributed by atoms with E-state index in [0.717, 1.165) is 0 Å². The van der Waals surface area contributed by atoms with Gasteiger partial charge in [0.15, 0.2) is 0 Å². The van der Waals surface area contributed by atoms with Crippen molar-refractivity contribution in [2.45, 2.75) is 186 Å². The molecular formula is C44H72O2Si. The number of unbranched alkanes of at least 4 members (excludes halogenated alkanes) is 19. The Balaban J connectivity index is 1.14. The highest BCUT2D eigenvalue weighted by molar-refractivity contribution is 6.99. The molecule has 1 saturated heterocycles. The first-order chi connectivity index (χ1) is 23.0. The van der Waals surface area contributed by atoms with E-state index >= 15 is 0 Å². The Kier molecular flexibility index (Phi) is 20.0. The number of benzene rings is 2. The van der Waals surface area contributed by atoms with Crippen LogP contribution >= 0.6 is 0 Å². The molecule has 0 saturated carbocycles. The zero-order valence-electron chi connectivity index (χ0n) is 31.2. The monoisotopic (exact) mass is 661 g/mol. The molecule has 0 radical (unpaired) electrons. The van der Waals surface area contributed by atoms with Gasteiger partial charge >= 0.3 is 0 Å². The molecule has 0 unspecified atom stereocenters. The third-order valence-electron chi connectivity index (χ3n) is 10.3. The van der Waals surface area contributed by atoms with Crippen LogP contribution in [-0.2, 0) is 9.16 Å². The fraction of sp³-hybridized carbons (Fsp3) is 0.682. The molecule has 1 heterocycles. The van der Waals surface area contributed by atoms with Crippen molar-refractivity contribution in [1.82, 2.24) is 0 Å². The van der Waals surface area contributed by atoms with Crippen LogP contribution in [0.2, 0.25) is 5.04 Å². The minimum Gasteiger partial charge on any atom is -0.405 e. The van der Waals surface area contributed by atoms with Crippen LogP contribution in [0.1, 0.15) is 169 Å². The number of epoxide rings is 1. The summed E-state index contributed by atoms with van der Waals surface area (Å²) in [7, 11) is -2.47. The van der Waals surface area contributed by atoms with Crippen LogP contribution < -0.4 is 10.4 Å². The molecular weight excluding hydrogens is 589 g/mol. The van der Waals surface area contributed by atoms with E-state index in [4.69, 9.17) is 9.16 Å². The van der Waals surface area contributed by atoms with Gasteiger partial charge in [0, 0.05) is 0 Å². The predicted octanol–water partition coefficient (Wildman–Crippen LogP) is 12.5. The van der Waals surface area contributed by atoms with Crippen molar-refractivity contribution in [2.24, 2.45) is 0 Å². The summed E-state index contributed by atoms with van der Waals surface area (Å²) in [6.07, 6.45) is 36.0. The van der Waals surface area contributed by atoms with Crippen LogP contribution in [0.4, 0.5) is 0 Å². The lowest BCUT2D eigenvalue weighted by atomic mass is 10.0. The van der Waals surface area contributed by atoms with E-state index in [1.807, 2.05) is 0 Å². The third kappa shape index (κ3) is 15.2. The van der Waals surface area contributed by atoms with Gasteiger partial charge in [-0.3, -0.25) is 0 Å². The second-order valence-electron chi connectivity index (χ2n) is 15.4. The number of rotatable bonds is 28. The van der Waals surface area contributed by atoms with E-state index < -0.39 is 8.32 Å². The van der Waals surface area contributed by atoms with E-state index in [0.29, 0.717) is 12.7 Å². The minimum atomic E-state index is -2.47. The van der Waals surface area contributed by atoms with Crippen LogP contribution in [-0.4, -0.2) is 27.1 Å². The lowest BCUT2D eigenvalue weighted by Crippen LogP contribution is -2.66. The van der Waals surface area contributed by atoms with Crippen LogP contribution in [0.25, 0.3) is 0 Å². The predicted molar refractivity (Wildman–Crippen MR) is 209 cm³/mol. The first-order valence-electron chi connectivity index (χ1n) is 20.0. The summed E-state index contributed by atoms with van der Waals surface area (Å²) < 4.78 is 13.2. The first kappa shape index (κ1) is 39.8. The highest BCUT2D eigenvalue weighted by Crippen LogP contribution is 2.38. The number of ether oxygens (including phenoxy) is 1. The number of hydrogen-bond donors (Lipinski definition) is 0. The molecule has 0 spiro atoms. The standard InChI is InChI=1S/C44H72O2Si/c1-5-6-7-8-9-10-11-12-13-14-15-16-17-18-19-20-21-22-23-24-25-26-33-38-42-43(46-42)39-45-47(44(2,3)4,40-34-29-27-30-35-40)41-36-31-28-32-37-41/h11-12,27-32,34-37,42-43H,5-10,13-26,33,38-39H2,1-4H3/b12-11-/t42-,43+/m1/s1. The fourth-order valence-electron chi connectivity index (χ4n) is 7.38. The average molecular weight is 661 g/mol. The molecule has 0 aliphatic carbocycles. The molecule has 47 heavy (non-hydrogen) atoms. The molecule has 0 amide bonds. The molecule has 264 valence electrons. The van der Waals surface area contributed by atoms with Gasteiger partial charge in [-0.15, -0.1) is 0 Å². The van der Waals surface area contributed by atoms with Gasteiger partial charge in [0.25, 0.3) is 8.32 Å². The van der Waals surface area contributed by atoms with Gasteiger partial charge in [0.05, 0.1) is 12.7 Å². The van der Waals surface area contributed by atoms with Gasteiger partial charge < -0.3 is 9.16 Å². The third-order valence-corrected chi connectivity index (χ3v) is 15.3. The summed E-state index contributed by atoms with van der Waals surface area (Å²) in [5, 5.41) is 2.72. The van der Waals surface area contributed by atoms with E-state index in [-0.39, 0.29) is 11.1 Å². The molecule has 0 N–H and O–H groups in total. The molecule has 1 aliphatic rings. The molecule has 2 aromatic carbocycles. The lowest BCUT2D eigenvalue weighted by molar-refractivity contribution is 0.247. The van der Waals surface area contributed by atoms with Crippen molar-refractivity contribution in [3.8, 4) is 0 Å². The Hall–Kier alpha value is -1.68. The maximum Gasteiger partial charge on any atom is 0.261 e. The van der Waals surface area contributed by atoms with E-state index in [1.165, 1.54) is 152 Å². The Morgan fingerprint density at radius 1 is 0.553 bits per heavy atom. The molecule has 2 nitrogen and oxygen atoms in total. The van der Waals surface area contributed by atoms with Crippen LogP contribution in [0, 0.1) is 0 Å². The SMILES string of the molecule is CCCCCCC/C=C\CCCCCCCCCCCCCCCC[C@H]1O[C@H]1CO[Si](c1ccccc1)(c1ccccc1)C(C)(C)C. The number of hydrogen-bond acceptors (Lipinski definition) is 2. The smallest absolute Gasteiger partial charge is 0.261 e. The highest BCUT2D eigenvalue weighted by atomic mass is 28.4. The van der Waals surface area contributed by atoms with Gasteiger partial charge in [0.2, 0.25) is 0 Å². The molecule has 3 heteroatoms. The lowest BCUT2D eigenvalue weighted by Gasteiger charge is -2.43. The second kappa shape index (κ2) is 23.6. The Bertz CT molecular complexity index is 1000. The van der Waals surface area contributed by atoms with Gasteiger partial charge in [-0.05, 0) is 47.5 Å². The fourth-order valence-corrected chi connectivity index (χ4v) is 11.9. The van der Waals surface area contributed by atoms with Gasteiger partial charge in [0.1, 0.15) is 6.10 Å². The van der Waals surface area contributed by atoms with Crippen molar-refractivity contribution in [2.75, 3.05) is 6.61 Å².